The van der Waals surface area contributed by atoms with E-state index in [1.54, 1.807) is 0 Å². The number of benzene rings is 2. The van der Waals surface area contributed by atoms with Crippen LogP contribution in [0.25, 0.3) is 11.3 Å². The molecule has 0 saturated carbocycles. The lowest BCUT2D eigenvalue weighted by Gasteiger charge is -2.32. The first-order valence-corrected chi connectivity index (χ1v) is 16.6. The molecule has 4 heterocycles. The summed E-state index contributed by atoms with van der Waals surface area (Å²) in [5.41, 5.74) is 6.91. The minimum atomic E-state index is -0.266. The van der Waals surface area contributed by atoms with E-state index in [2.05, 4.69) is 102 Å². The van der Waals surface area contributed by atoms with Crippen LogP contribution in [0.3, 0.4) is 0 Å². The second kappa shape index (κ2) is 12.2. The Bertz CT molecular complexity index is 1940. The van der Waals surface area contributed by atoms with Gasteiger partial charge in [0.05, 0.1) is 29.7 Å². The molecule has 3 aromatic heterocycles. The molecule has 0 spiro atoms. The summed E-state index contributed by atoms with van der Waals surface area (Å²) in [6.45, 7) is 11.6. The molecular formula is C37H44N8O2. The number of nitrogens with one attached hydrogen (secondary N) is 2. The van der Waals surface area contributed by atoms with Crippen molar-refractivity contribution in [1.82, 2.24) is 34.6 Å². The highest BCUT2D eigenvalue weighted by molar-refractivity contribution is 5.89. The summed E-state index contributed by atoms with van der Waals surface area (Å²) in [5, 5.41) is 20.2. The quantitative estimate of drug-likeness (QED) is 0.203. The van der Waals surface area contributed by atoms with E-state index in [1.165, 1.54) is 5.56 Å². The summed E-state index contributed by atoms with van der Waals surface area (Å²) in [5.74, 6) is 2.37. The monoisotopic (exact) mass is 632 g/mol. The number of anilines is 1. The maximum absolute atomic E-state index is 13.6. The highest BCUT2D eigenvalue weighted by Gasteiger charge is 2.31. The molecule has 1 unspecified atom stereocenters. The number of urea groups is 1. The van der Waals surface area contributed by atoms with E-state index in [9.17, 15) is 4.79 Å². The van der Waals surface area contributed by atoms with Gasteiger partial charge < -0.3 is 10.1 Å². The van der Waals surface area contributed by atoms with Crippen molar-refractivity contribution in [2.45, 2.75) is 83.9 Å². The van der Waals surface area contributed by atoms with E-state index in [-0.39, 0.29) is 29.6 Å². The van der Waals surface area contributed by atoms with E-state index >= 15 is 0 Å². The number of rotatable bonds is 6. The Kier molecular flexibility index (Phi) is 8.00. The summed E-state index contributed by atoms with van der Waals surface area (Å²) < 4.78 is 10.6. The second-order valence-corrected chi connectivity index (χ2v) is 14.1. The van der Waals surface area contributed by atoms with Crippen LogP contribution in [0.2, 0.25) is 0 Å². The van der Waals surface area contributed by atoms with E-state index in [0.29, 0.717) is 5.82 Å². The molecule has 2 aliphatic rings. The van der Waals surface area contributed by atoms with Crippen LogP contribution in [0.5, 0.6) is 5.75 Å². The summed E-state index contributed by atoms with van der Waals surface area (Å²) in [4.78, 5) is 15.9. The molecule has 244 valence electrons. The molecule has 10 nitrogen and oxygen atoms in total. The number of hydrogen-bond donors (Lipinski definition) is 2. The first-order valence-electron chi connectivity index (χ1n) is 16.6. The first kappa shape index (κ1) is 30.9. The van der Waals surface area contributed by atoms with Gasteiger partial charge >= 0.3 is 6.03 Å². The van der Waals surface area contributed by atoms with Crippen molar-refractivity contribution in [3.63, 3.8) is 0 Å². The minimum Gasteiger partial charge on any atom is -0.484 e. The second-order valence-electron chi connectivity index (χ2n) is 14.1. The van der Waals surface area contributed by atoms with Gasteiger partial charge in [-0.3, -0.25) is 14.6 Å². The van der Waals surface area contributed by atoms with Crippen molar-refractivity contribution in [2.24, 2.45) is 0 Å². The van der Waals surface area contributed by atoms with Gasteiger partial charge in [0, 0.05) is 11.5 Å². The SMILES string of the molecule is Cc1ccc(-n2nc(C(C)(C)C)cc2NC(=O)N[C@H]2CC[C@@H](Oc3ccc4nnc(C5CCCN5C)n4c3)c3ccccc32)c(C)c1. The highest BCUT2D eigenvalue weighted by Crippen LogP contribution is 2.39. The van der Waals surface area contributed by atoms with Gasteiger partial charge in [-0.05, 0) is 88.0 Å². The number of amides is 2. The zero-order valence-electron chi connectivity index (χ0n) is 28.1. The summed E-state index contributed by atoms with van der Waals surface area (Å²) >= 11 is 0. The molecule has 5 aromatic rings. The van der Waals surface area contributed by atoms with Crippen LogP contribution in [-0.4, -0.2) is 48.9 Å². The van der Waals surface area contributed by atoms with Gasteiger partial charge in [0.15, 0.2) is 11.5 Å². The largest absolute Gasteiger partial charge is 0.484 e. The fraction of sp³-hybridized carbons (Fsp3) is 0.405. The number of pyridine rings is 1. The number of aryl methyl sites for hydroxylation is 2. The van der Waals surface area contributed by atoms with Crippen LogP contribution >= 0.6 is 0 Å². The number of carbonyl (C=O) groups excluding carboxylic acids is 1. The number of ether oxygens (including phenoxy) is 1. The third-order valence-electron chi connectivity index (χ3n) is 9.54. The van der Waals surface area contributed by atoms with Crippen LogP contribution in [0.4, 0.5) is 10.6 Å². The van der Waals surface area contributed by atoms with Gasteiger partial charge in [0.25, 0.3) is 0 Å². The van der Waals surface area contributed by atoms with Crippen molar-refractivity contribution in [3.8, 4) is 11.4 Å². The molecule has 2 N–H and O–H groups in total. The Morgan fingerprint density at radius 3 is 2.51 bits per heavy atom. The fourth-order valence-corrected chi connectivity index (χ4v) is 6.98. The molecule has 3 atom stereocenters. The molecule has 1 fully saturated rings. The summed E-state index contributed by atoms with van der Waals surface area (Å²) in [6.07, 6.45) is 5.61. The van der Waals surface area contributed by atoms with E-state index in [1.807, 2.05) is 41.2 Å². The van der Waals surface area contributed by atoms with Gasteiger partial charge in [-0.15, -0.1) is 10.2 Å². The van der Waals surface area contributed by atoms with Gasteiger partial charge in [0.1, 0.15) is 17.7 Å². The van der Waals surface area contributed by atoms with Crippen LogP contribution in [-0.2, 0) is 5.41 Å². The lowest BCUT2D eigenvalue weighted by Crippen LogP contribution is -2.36. The van der Waals surface area contributed by atoms with Gasteiger partial charge in [-0.25, -0.2) is 9.48 Å². The van der Waals surface area contributed by atoms with Crippen LogP contribution in [0.1, 0.15) is 98.4 Å². The van der Waals surface area contributed by atoms with E-state index in [0.717, 1.165) is 77.5 Å². The number of nitrogens with zero attached hydrogens (tertiary/aromatic N) is 6. The molecule has 2 aromatic carbocycles. The minimum absolute atomic E-state index is 0.140. The maximum Gasteiger partial charge on any atom is 0.320 e. The molecule has 10 heteroatoms. The molecule has 2 amide bonds. The zero-order chi connectivity index (χ0) is 32.9. The zero-order valence-corrected chi connectivity index (χ0v) is 28.1. The Hall–Kier alpha value is -4.70. The third-order valence-corrected chi connectivity index (χ3v) is 9.54. The Morgan fingerprint density at radius 2 is 1.77 bits per heavy atom. The van der Waals surface area contributed by atoms with Crippen molar-refractivity contribution in [3.05, 3.63) is 101 Å². The average Bonchev–Trinajstić information content (AvgIpc) is 3.76. The number of hydrogen-bond acceptors (Lipinski definition) is 6. The van der Waals surface area contributed by atoms with Crippen molar-refractivity contribution < 1.29 is 9.53 Å². The predicted octanol–water partition coefficient (Wildman–Crippen LogP) is 7.37. The molecule has 7 rings (SSSR count). The number of likely N-dealkylation sites (tertiary alicyclic amines) is 1. The molecule has 0 radical (unpaired) electrons. The molecule has 1 saturated heterocycles. The Morgan fingerprint density at radius 1 is 0.957 bits per heavy atom. The van der Waals surface area contributed by atoms with Crippen molar-refractivity contribution >= 4 is 17.5 Å². The fourth-order valence-electron chi connectivity index (χ4n) is 6.98. The summed E-state index contributed by atoms with van der Waals surface area (Å²) in [7, 11) is 2.14. The van der Waals surface area contributed by atoms with Crippen molar-refractivity contribution in [1.29, 1.82) is 0 Å². The van der Waals surface area contributed by atoms with E-state index in [4.69, 9.17) is 9.84 Å². The standard InChI is InChI=1S/C37H44N8O2/c1-23-13-16-29(24(2)20-23)45-34(21-32(42-45)37(3,4)5)39-36(46)38-28-15-17-31(27-11-8-7-10-26(27)28)47-25-14-18-33-40-41-35(44(33)22-25)30-12-9-19-43(30)6/h7-8,10-11,13-14,16,18,20-22,28,30-31H,9,12,15,17,19H2,1-6H3,(H2,38,39,46)/t28-,30?,31+/m0/s1. The molecule has 1 aliphatic carbocycles. The van der Waals surface area contributed by atoms with Gasteiger partial charge in [-0.1, -0.05) is 62.7 Å². The number of aromatic nitrogens is 5. The lowest BCUT2D eigenvalue weighted by molar-refractivity contribution is 0.171. The maximum atomic E-state index is 13.6. The van der Waals surface area contributed by atoms with Crippen LogP contribution in [0, 0.1) is 13.8 Å². The molecular weight excluding hydrogens is 588 g/mol. The van der Waals surface area contributed by atoms with Crippen LogP contribution in [0.15, 0.2) is 66.9 Å². The van der Waals surface area contributed by atoms with Crippen LogP contribution < -0.4 is 15.4 Å². The Balaban J connectivity index is 1.10. The van der Waals surface area contributed by atoms with Crippen molar-refractivity contribution in [2.75, 3.05) is 18.9 Å². The van der Waals surface area contributed by atoms with E-state index < -0.39 is 0 Å². The highest BCUT2D eigenvalue weighted by atomic mass is 16.5. The van der Waals surface area contributed by atoms with Gasteiger partial charge in [0.2, 0.25) is 0 Å². The lowest BCUT2D eigenvalue weighted by atomic mass is 9.85. The predicted molar refractivity (Wildman–Crippen MR) is 183 cm³/mol. The Labute approximate surface area is 276 Å². The topological polar surface area (TPSA) is 102 Å². The number of fused-ring (bicyclic) bond motifs is 2. The summed E-state index contributed by atoms with van der Waals surface area (Å²) in [6, 6.07) is 20.2. The molecule has 1 aliphatic heterocycles. The normalized spacial score (nSPS) is 19.9. The smallest absolute Gasteiger partial charge is 0.320 e. The number of carbonyl (C=O) groups is 1. The molecule has 0 bridgehead atoms. The average molecular weight is 633 g/mol. The first-order chi connectivity index (χ1) is 22.5. The van der Waals surface area contributed by atoms with Gasteiger partial charge in [-0.2, -0.15) is 5.10 Å². The molecule has 47 heavy (non-hydrogen) atoms. The third kappa shape index (κ3) is 6.10.